The van der Waals surface area contributed by atoms with Crippen molar-refractivity contribution in [2.75, 3.05) is 0 Å². The molecule has 2 aliphatic heterocycles. The zero-order valence-corrected chi connectivity index (χ0v) is 14.2. The zero-order chi connectivity index (χ0) is 17.1. The third kappa shape index (κ3) is 5.39. The second-order valence-corrected chi connectivity index (χ2v) is 6.68. The van der Waals surface area contributed by atoms with Crippen LogP contribution < -0.4 is 0 Å². The second-order valence-electron chi connectivity index (χ2n) is 6.68. The number of hydrogen-bond donors (Lipinski definition) is 2. The van der Waals surface area contributed by atoms with E-state index in [9.17, 15) is 15.0 Å². The van der Waals surface area contributed by atoms with Crippen molar-refractivity contribution in [1.82, 2.24) is 0 Å². The van der Waals surface area contributed by atoms with Gasteiger partial charge in [-0.3, -0.25) is 0 Å². The van der Waals surface area contributed by atoms with Crippen LogP contribution in [-0.4, -0.2) is 65.2 Å². The summed E-state index contributed by atoms with van der Waals surface area (Å²) in [5.74, 6) is -0.313. The molecule has 7 nitrogen and oxygen atoms in total. The Kier molecular flexibility index (Phi) is 6.39. The highest BCUT2D eigenvalue weighted by atomic mass is 16.7. The fourth-order valence-corrected chi connectivity index (χ4v) is 2.63. The van der Waals surface area contributed by atoms with E-state index in [0.29, 0.717) is 12.8 Å². The Bertz CT molecular complexity index is 400. The molecule has 23 heavy (non-hydrogen) atoms. The smallest absolute Gasteiger partial charge is 0.338 e. The van der Waals surface area contributed by atoms with Crippen LogP contribution >= 0.6 is 0 Å². The third-order valence-corrected chi connectivity index (χ3v) is 4.08. The van der Waals surface area contributed by atoms with Crippen LogP contribution in [0.1, 0.15) is 47.0 Å². The lowest BCUT2D eigenvalue weighted by Gasteiger charge is -2.36. The molecule has 2 fully saturated rings. The van der Waals surface area contributed by atoms with Crippen LogP contribution in [0.4, 0.5) is 0 Å². The first-order valence-corrected chi connectivity index (χ1v) is 8.31. The molecule has 0 unspecified atom stereocenters. The number of ether oxygens (including phenoxy) is 4. The Balaban J connectivity index is 1.66. The first-order valence-electron chi connectivity index (χ1n) is 8.31. The fraction of sp³-hybridized carbons (Fsp3) is 0.938. The number of hydrogen-bond acceptors (Lipinski definition) is 7. The number of rotatable bonds is 7. The van der Waals surface area contributed by atoms with Crippen LogP contribution in [0.3, 0.4) is 0 Å². The highest BCUT2D eigenvalue weighted by Gasteiger charge is 2.46. The van der Waals surface area contributed by atoms with E-state index < -0.39 is 24.6 Å². The van der Waals surface area contributed by atoms with Gasteiger partial charge < -0.3 is 29.2 Å². The first kappa shape index (κ1) is 18.6. The minimum atomic E-state index is -0.838. The predicted octanol–water partition coefficient (Wildman–Crippen LogP) is 0.747. The van der Waals surface area contributed by atoms with Crippen molar-refractivity contribution in [3.63, 3.8) is 0 Å². The van der Waals surface area contributed by atoms with Gasteiger partial charge in [-0.2, -0.15) is 0 Å². The van der Waals surface area contributed by atoms with Gasteiger partial charge >= 0.3 is 5.97 Å². The lowest BCUT2D eigenvalue weighted by molar-refractivity contribution is -0.273. The van der Waals surface area contributed by atoms with E-state index in [4.69, 9.17) is 18.9 Å². The molecule has 0 radical (unpaired) electrons. The molecule has 0 amide bonds. The van der Waals surface area contributed by atoms with Gasteiger partial charge in [0.1, 0.15) is 6.10 Å². The number of aliphatic hydroxyl groups is 2. The Hall–Kier alpha value is -0.730. The van der Waals surface area contributed by atoms with Crippen molar-refractivity contribution in [2.24, 2.45) is 0 Å². The number of aliphatic hydroxyl groups excluding tert-OH is 2. The fourth-order valence-electron chi connectivity index (χ4n) is 2.63. The van der Waals surface area contributed by atoms with E-state index in [0.717, 1.165) is 0 Å². The number of carbonyl (C=O) groups excluding carboxylic acids is 1. The lowest BCUT2D eigenvalue weighted by atomic mass is 10.0. The average molecular weight is 332 g/mol. The zero-order valence-electron chi connectivity index (χ0n) is 14.2. The van der Waals surface area contributed by atoms with Crippen molar-refractivity contribution in [3.05, 3.63) is 0 Å². The number of carbonyl (C=O) groups is 1. The van der Waals surface area contributed by atoms with Crippen molar-refractivity contribution >= 4 is 5.97 Å². The summed E-state index contributed by atoms with van der Waals surface area (Å²) in [6, 6.07) is 0. The normalized spacial score (nSPS) is 38.4. The summed E-state index contributed by atoms with van der Waals surface area (Å²) in [6.07, 6.45) is -1.88. The maximum absolute atomic E-state index is 11.6. The SMILES string of the molecule is CC(C)OC(=O)[C@H]1O[C@@H]1CC[C@@H](C)O[C@@H]1O[C@@H](C)[C@H](O)C[C@H]1O. The van der Waals surface area contributed by atoms with E-state index in [-0.39, 0.29) is 36.8 Å². The summed E-state index contributed by atoms with van der Waals surface area (Å²) in [4.78, 5) is 11.6. The largest absolute Gasteiger partial charge is 0.461 e. The first-order chi connectivity index (χ1) is 10.8. The monoisotopic (exact) mass is 332 g/mol. The molecule has 7 atom stereocenters. The van der Waals surface area contributed by atoms with E-state index in [1.54, 1.807) is 20.8 Å². The van der Waals surface area contributed by atoms with E-state index >= 15 is 0 Å². The molecule has 2 N–H and O–H groups in total. The number of esters is 1. The lowest BCUT2D eigenvalue weighted by Crippen LogP contribution is -2.48. The van der Waals surface area contributed by atoms with Crippen LogP contribution in [-0.2, 0) is 23.7 Å². The summed E-state index contributed by atoms with van der Waals surface area (Å²) in [5.41, 5.74) is 0. The van der Waals surface area contributed by atoms with Gasteiger partial charge in [-0.05, 0) is 40.5 Å². The van der Waals surface area contributed by atoms with Gasteiger partial charge in [0.05, 0.1) is 30.5 Å². The average Bonchev–Trinajstić information content (AvgIpc) is 3.21. The van der Waals surface area contributed by atoms with Gasteiger partial charge in [-0.1, -0.05) is 0 Å². The molecule has 2 heterocycles. The molecular weight excluding hydrogens is 304 g/mol. The molecule has 0 aliphatic carbocycles. The molecular formula is C16H28O7. The Morgan fingerprint density at radius 2 is 1.91 bits per heavy atom. The van der Waals surface area contributed by atoms with Crippen molar-refractivity contribution in [1.29, 1.82) is 0 Å². The molecule has 0 aromatic rings. The van der Waals surface area contributed by atoms with Gasteiger partial charge in [0.15, 0.2) is 12.4 Å². The van der Waals surface area contributed by atoms with Gasteiger partial charge in [-0.15, -0.1) is 0 Å². The summed E-state index contributed by atoms with van der Waals surface area (Å²) >= 11 is 0. The predicted molar refractivity (Wildman–Crippen MR) is 80.6 cm³/mol. The molecule has 134 valence electrons. The van der Waals surface area contributed by atoms with E-state index in [1.807, 2.05) is 6.92 Å². The summed E-state index contributed by atoms with van der Waals surface area (Å²) in [6.45, 7) is 7.24. The van der Waals surface area contributed by atoms with Crippen LogP contribution in [0.15, 0.2) is 0 Å². The Labute approximate surface area is 136 Å². The highest BCUT2D eigenvalue weighted by Crippen LogP contribution is 2.30. The maximum Gasteiger partial charge on any atom is 0.338 e. The molecule has 2 rings (SSSR count). The molecule has 2 saturated heterocycles. The highest BCUT2D eigenvalue weighted by molar-refractivity contribution is 5.78. The second kappa shape index (κ2) is 7.90. The van der Waals surface area contributed by atoms with Crippen LogP contribution in [0.25, 0.3) is 0 Å². The topological polar surface area (TPSA) is 97.8 Å². The van der Waals surface area contributed by atoms with E-state index in [2.05, 4.69) is 0 Å². The third-order valence-electron chi connectivity index (χ3n) is 4.08. The van der Waals surface area contributed by atoms with Gasteiger partial charge in [-0.25, -0.2) is 4.79 Å². The summed E-state index contributed by atoms with van der Waals surface area (Å²) < 4.78 is 21.6. The molecule has 2 aliphatic rings. The Morgan fingerprint density at radius 1 is 1.22 bits per heavy atom. The van der Waals surface area contributed by atoms with Gasteiger partial charge in [0.2, 0.25) is 0 Å². The van der Waals surface area contributed by atoms with Gasteiger partial charge in [0.25, 0.3) is 0 Å². The molecule has 0 saturated carbocycles. The van der Waals surface area contributed by atoms with Crippen LogP contribution in [0, 0.1) is 0 Å². The van der Waals surface area contributed by atoms with Crippen LogP contribution in [0.5, 0.6) is 0 Å². The molecule has 0 spiro atoms. The van der Waals surface area contributed by atoms with Crippen LogP contribution in [0.2, 0.25) is 0 Å². The molecule has 0 aromatic carbocycles. The van der Waals surface area contributed by atoms with E-state index in [1.165, 1.54) is 0 Å². The standard InChI is InChI=1S/C16H28O7/c1-8(2)20-15(19)14-13(23-14)6-5-9(3)21-16-12(18)7-11(17)10(4)22-16/h8-14,16-18H,5-7H2,1-4H3/t9-,10+,11-,12-,13-,14+,16-/m1/s1. The quantitative estimate of drug-likeness (QED) is 0.524. The van der Waals surface area contributed by atoms with Crippen molar-refractivity contribution in [2.45, 2.75) is 96.0 Å². The Morgan fingerprint density at radius 3 is 2.57 bits per heavy atom. The molecule has 0 aromatic heterocycles. The summed E-state index contributed by atoms with van der Waals surface area (Å²) in [7, 11) is 0. The minimum Gasteiger partial charge on any atom is -0.461 e. The summed E-state index contributed by atoms with van der Waals surface area (Å²) in [5, 5.41) is 19.5. The number of epoxide rings is 1. The van der Waals surface area contributed by atoms with Crippen molar-refractivity contribution in [3.8, 4) is 0 Å². The maximum atomic E-state index is 11.6. The molecule has 0 bridgehead atoms. The minimum absolute atomic E-state index is 0.120. The van der Waals surface area contributed by atoms with Gasteiger partial charge in [0, 0.05) is 6.42 Å². The molecule has 7 heteroatoms. The van der Waals surface area contributed by atoms with Crippen molar-refractivity contribution < 1.29 is 34.0 Å².